The number of rotatable bonds is 5. The van der Waals surface area contributed by atoms with Gasteiger partial charge in [-0.1, -0.05) is 24.3 Å². The van der Waals surface area contributed by atoms with Crippen LogP contribution in [0.1, 0.15) is 46.5 Å². The topological polar surface area (TPSA) is 78.2 Å². The number of nitrogens with one attached hydrogen (secondary N) is 1. The van der Waals surface area contributed by atoms with Crippen molar-refractivity contribution in [3.8, 4) is 6.07 Å². The standard InChI is InChI=1S/C24H28F2N4O2/c1-22(2,3)32-21(31)30(18-8-23(9-18)14-24(25,26)15-23)13-17(10-27)29-20-12-28-11-16-6-4-5-7-19(16)20/h4-7,11-12,17-18,29H,8-9,13-15H2,1-3H3. The molecule has 0 bridgehead atoms. The molecule has 6 nitrogen and oxygen atoms in total. The molecule has 0 aliphatic heterocycles. The molecule has 1 spiro atoms. The minimum absolute atomic E-state index is 0.0891. The predicted molar refractivity (Wildman–Crippen MR) is 117 cm³/mol. The lowest BCUT2D eigenvalue weighted by Gasteiger charge is -2.59. The second kappa shape index (κ2) is 7.88. The van der Waals surface area contributed by atoms with Gasteiger partial charge in [0.15, 0.2) is 0 Å². The lowest BCUT2D eigenvalue weighted by molar-refractivity contribution is -0.207. The minimum atomic E-state index is -2.60. The van der Waals surface area contributed by atoms with Crippen molar-refractivity contribution in [2.45, 2.75) is 70.1 Å². The maximum absolute atomic E-state index is 13.4. The van der Waals surface area contributed by atoms with Crippen LogP contribution in [0.25, 0.3) is 10.8 Å². The predicted octanol–water partition coefficient (Wildman–Crippen LogP) is 5.35. The Bertz CT molecular complexity index is 1040. The molecule has 0 radical (unpaired) electrons. The molecule has 1 N–H and O–H groups in total. The van der Waals surface area contributed by atoms with Crippen molar-refractivity contribution < 1.29 is 18.3 Å². The quantitative estimate of drug-likeness (QED) is 0.675. The number of hydrogen-bond donors (Lipinski definition) is 1. The summed E-state index contributed by atoms with van der Waals surface area (Å²) in [5, 5.41) is 14.9. The van der Waals surface area contributed by atoms with Crippen molar-refractivity contribution in [1.82, 2.24) is 9.88 Å². The summed E-state index contributed by atoms with van der Waals surface area (Å²) in [5.41, 5.74) is -0.388. The highest BCUT2D eigenvalue weighted by molar-refractivity contribution is 5.93. The highest BCUT2D eigenvalue weighted by Gasteiger charge is 2.63. The number of pyridine rings is 1. The van der Waals surface area contributed by atoms with E-state index >= 15 is 0 Å². The lowest BCUT2D eigenvalue weighted by atomic mass is 9.52. The Labute approximate surface area is 186 Å². The summed E-state index contributed by atoms with van der Waals surface area (Å²) < 4.78 is 32.4. The maximum atomic E-state index is 13.4. The van der Waals surface area contributed by atoms with Crippen LogP contribution in [-0.2, 0) is 4.74 Å². The van der Waals surface area contributed by atoms with Crippen molar-refractivity contribution in [2.75, 3.05) is 11.9 Å². The Morgan fingerprint density at radius 1 is 1.31 bits per heavy atom. The van der Waals surface area contributed by atoms with Gasteiger partial charge in [0.25, 0.3) is 0 Å². The number of aromatic nitrogens is 1. The lowest BCUT2D eigenvalue weighted by Crippen LogP contribution is -2.62. The van der Waals surface area contributed by atoms with Gasteiger partial charge in [-0.25, -0.2) is 13.6 Å². The third-order valence-electron chi connectivity index (χ3n) is 6.21. The van der Waals surface area contributed by atoms with Crippen molar-refractivity contribution in [2.24, 2.45) is 5.41 Å². The first-order valence-corrected chi connectivity index (χ1v) is 10.9. The van der Waals surface area contributed by atoms with Crippen LogP contribution in [-0.4, -0.2) is 46.1 Å². The monoisotopic (exact) mass is 442 g/mol. The number of amides is 1. The van der Waals surface area contributed by atoms with E-state index in [2.05, 4.69) is 16.4 Å². The molecule has 1 unspecified atom stereocenters. The van der Waals surface area contributed by atoms with Crippen LogP contribution >= 0.6 is 0 Å². The maximum Gasteiger partial charge on any atom is 0.410 e. The van der Waals surface area contributed by atoms with Gasteiger partial charge >= 0.3 is 6.09 Å². The van der Waals surface area contributed by atoms with Crippen LogP contribution in [0.15, 0.2) is 36.7 Å². The van der Waals surface area contributed by atoms with Crippen molar-refractivity contribution in [3.63, 3.8) is 0 Å². The molecular weight excluding hydrogens is 414 g/mol. The van der Waals surface area contributed by atoms with Gasteiger partial charge < -0.3 is 15.0 Å². The summed E-state index contributed by atoms with van der Waals surface area (Å²) in [4.78, 5) is 18.7. The number of halogens is 2. The van der Waals surface area contributed by atoms with Crippen molar-refractivity contribution in [3.05, 3.63) is 36.7 Å². The van der Waals surface area contributed by atoms with Crippen LogP contribution < -0.4 is 5.32 Å². The second-order valence-corrected chi connectivity index (χ2v) is 10.1. The Hall–Kier alpha value is -2.95. The van der Waals surface area contributed by atoms with Gasteiger partial charge in [0.2, 0.25) is 5.92 Å². The largest absolute Gasteiger partial charge is 0.444 e. The molecule has 170 valence electrons. The van der Waals surface area contributed by atoms with Gasteiger partial charge in [-0.2, -0.15) is 5.26 Å². The van der Waals surface area contributed by atoms with E-state index < -0.39 is 23.7 Å². The molecule has 8 heteroatoms. The second-order valence-electron chi connectivity index (χ2n) is 10.1. The first-order chi connectivity index (χ1) is 15.0. The zero-order valence-electron chi connectivity index (χ0n) is 18.6. The summed E-state index contributed by atoms with van der Waals surface area (Å²) in [6, 6.07) is 8.98. The van der Waals surface area contributed by atoms with Gasteiger partial charge in [-0.05, 0) is 39.0 Å². The molecule has 1 aromatic heterocycles. The van der Waals surface area contributed by atoms with Gasteiger partial charge in [0.1, 0.15) is 11.6 Å². The minimum Gasteiger partial charge on any atom is -0.444 e. The number of carbonyl (C=O) groups is 1. The third kappa shape index (κ3) is 4.62. The first kappa shape index (κ1) is 22.3. The molecule has 32 heavy (non-hydrogen) atoms. The summed E-state index contributed by atoms with van der Waals surface area (Å²) in [6.45, 7) is 5.42. The number of ether oxygens (including phenoxy) is 1. The Morgan fingerprint density at radius 3 is 2.62 bits per heavy atom. The first-order valence-electron chi connectivity index (χ1n) is 10.9. The van der Waals surface area contributed by atoms with Crippen molar-refractivity contribution >= 4 is 22.6 Å². The number of alkyl halides is 2. The molecule has 2 aliphatic rings. The number of benzene rings is 1. The zero-order chi connectivity index (χ0) is 23.1. The fourth-order valence-electron chi connectivity index (χ4n) is 4.92. The van der Waals surface area contributed by atoms with E-state index in [4.69, 9.17) is 4.74 Å². The van der Waals surface area contributed by atoms with Crippen LogP contribution in [0.4, 0.5) is 19.3 Å². The molecule has 2 saturated carbocycles. The zero-order valence-corrected chi connectivity index (χ0v) is 18.6. The summed E-state index contributed by atoms with van der Waals surface area (Å²) in [5.74, 6) is -2.60. The normalized spacial score (nSPS) is 20.0. The van der Waals surface area contributed by atoms with Crippen LogP contribution in [0, 0.1) is 16.7 Å². The Kier molecular flexibility index (Phi) is 5.48. The number of nitrogens with zero attached hydrogens (tertiary/aromatic N) is 3. The highest BCUT2D eigenvalue weighted by atomic mass is 19.3. The SMILES string of the molecule is CC(C)(C)OC(=O)N(CC(C#N)Nc1cncc2ccccc12)C1CC2(C1)CC(F)(F)C2. The molecule has 2 fully saturated rings. The van der Waals surface area contributed by atoms with E-state index in [-0.39, 0.29) is 30.8 Å². The molecule has 4 rings (SSSR count). The van der Waals surface area contributed by atoms with Gasteiger partial charge in [0.05, 0.1) is 24.5 Å². The summed E-state index contributed by atoms with van der Waals surface area (Å²) >= 11 is 0. The number of anilines is 1. The smallest absolute Gasteiger partial charge is 0.410 e. The van der Waals surface area contributed by atoms with Crippen LogP contribution in [0.5, 0.6) is 0 Å². The fourth-order valence-corrected chi connectivity index (χ4v) is 4.92. The summed E-state index contributed by atoms with van der Waals surface area (Å²) in [7, 11) is 0. The highest BCUT2D eigenvalue weighted by Crippen LogP contribution is 2.63. The van der Waals surface area contributed by atoms with Crippen molar-refractivity contribution in [1.29, 1.82) is 5.26 Å². The van der Waals surface area contributed by atoms with Gasteiger partial charge in [-0.3, -0.25) is 4.98 Å². The fraction of sp³-hybridized carbons (Fsp3) is 0.542. The number of nitriles is 1. The molecule has 0 saturated heterocycles. The molecule has 1 atom stereocenters. The van der Waals surface area contributed by atoms with E-state index in [1.165, 1.54) is 4.90 Å². The average molecular weight is 443 g/mol. The number of carbonyl (C=O) groups excluding carboxylic acids is 1. The molecule has 1 aromatic carbocycles. The molecule has 2 aromatic rings. The summed E-state index contributed by atoms with van der Waals surface area (Å²) in [6.07, 6.45) is 3.64. The average Bonchev–Trinajstić information content (AvgIpc) is 2.66. The van der Waals surface area contributed by atoms with E-state index in [9.17, 15) is 18.8 Å². The molecule has 1 amide bonds. The van der Waals surface area contributed by atoms with Crippen LogP contribution in [0.2, 0.25) is 0 Å². The third-order valence-corrected chi connectivity index (χ3v) is 6.21. The number of fused-ring (bicyclic) bond motifs is 1. The van der Waals surface area contributed by atoms with E-state index in [1.807, 2.05) is 24.3 Å². The van der Waals surface area contributed by atoms with Gasteiger partial charge in [-0.15, -0.1) is 0 Å². The molecular formula is C24H28F2N4O2. The van der Waals surface area contributed by atoms with E-state index in [0.717, 1.165) is 10.8 Å². The Balaban J connectivity index is 1.50. The van der Waals surface area contributed by atoms with Gasteiger partial charge in [0, 0.05) is 35.9 Å². The van der Waals surface area contributed by atoms with E-state index in [1.54, 1.807) is 33.2 Å². The van der Waals surface area contributed by atoms with E-state index in [0.29, 0.717) is 18.5 Å². The number of hydrogen-bond acceptors (Lipinski definition) is 5. The molecule has 2 aliphatic carbocycles. The Morgan fingerprint density at radius 2 is 2.00 bits per heavy atom. The molecule has 1 heterocycles. The van der Waals surface area contributed by atoms with Crippen LogP contribution in [0.3, 0.4) is 0 Å².